The lowest BCUT2D eigenvalue weighted by Gasteiger charge is -2.31. The van der Waals surface area contributed by atoms with Gasteiger partial charge in [0.2, 0.25) is 0 Å². The first-order valence-corrected chi connectivity index (χ1v) is 4.90. The van der Waals surface area contributed by atoms with Crippen molar-refractivity contribution in [2.75, 3.05) is 25.5 Å². The highest BCUT2D eigenvalue weighted by Crippen LogP contribution is 2.27. The predicted octanol–water partition coefficient (Wildman–Crippen LogP) is 2.51. The Morgan fingerprint density at radius 3 is 2.38 bits per heavy atom. The van der Waals surface area contributed by atoms with E-state index in [2.05, 4.69) is 6.58 Å². The zero-order valence-electron chi connectivity index (χ0n) is 7.53. The van der Waals surface area contributed by atoms with Crippen LogP contribution in [0.25, 0.3) is 0 Å². The van der Waals surface area contributed by atoms with E-state index in [-0.39, 0.29) is 12.8 Å². The summed E-state index contributed by atoms with van der Waals surface area (Å²) in [5, 5.41) is 0. The molecule has 1 aliphatic heterocycles. The van der Waals surface area contributed by atoms with E-state index in [1.54, 1.807) is 0 Å². The van der Waals surface area contributed by atoms with Crippen LogP contribution in [0.4, 0.5) is 8.78 Å². The SMILES string of the molecule is C=C(CCl)CN1CCC(F)(F)CC1. The van der Waals surface area contributed by atoms with Crippen molar-refractivity contribution in [3.05, 3.63) is 12.2 Å². The monoisotopic (exact) mass is 209 g/mol. The van der Waals surface area contributed by atoms with Crippen molar-refractivity contribution in [3.63, 3.8) is 0 Å². The first-order chi connectivity index (χ1) is 6.03. The Labute approximate surface area is 82.4 Å². The molecular weight excluding hydrogens is 196 g/mol. The third-order valence-corrected chi connectivity index (χ3v) is 2.60. The van der Waals surface area contributed by atoms with Gasteiger partial charge < -0.3 is 0 Å². The van der Waals surface area contributed by atoms with Crippen LogP contribution >= 0.6 is 11.6 Å². The first-order valence-electron chi connectivity index (χ1n) is 4.36. The Bertz CT molecular complexity index is 184. The fraction of sp³-hybridized carbons (Fsp3) is 0.778. The van der Waals surface area contributed by atoms with Crippen molar-refractivity contribution in [2.45, 2.75) is 18.8 Å². The van der Waals surface area contributed by atoms with E-state index in [0.29, 0.717) is 25.5 Å². The number of alkyl halides is 3. The number of rotatable bonds is 3. The minimum absolute atomic E-state index is 0.0391. The molecule has 0 radical (unpaired) electrons. The summed E-state index contributed by atoms with van der Waals surface area (Å²) < 4.78 is 25.4. The highest BCUT2D eigenvalue weighted by atomic mass is 35.5. The van der Waals surface area contributed by atoms with Gasteiger partial charge in [-0.15, -0.1) is 11.6 Å². The summed E-state index contributed by atoms with van der Waals surface area (Å²) in [7, 11) is 0. The molecule has 0 aromatic rings. The summed E-state index contributed by atoms with van der Waals surface area (Å²) in [4.78, 5) is 1.97. The second-order valence-corrected chi connectivity index (χ2v) is 3.78. The van der Waals surface area contributed by atoms with E-state index >= 15 is 0 Å². The molecular formula is C9H14ClF2N. The van der Waals surface area contributed by atoms with Gasteiger partial charge in [-0.3, -0.25) is 4.90 Å². The molecule has 0 saturated carbocycles. The van der Waals surface area contributed by atoms with E-state index in [1.807, 2.05) is 4.90 Å². The predicted molar refractivity (Wildman–Crippen MR) is 50.5 cm³/mol. The summed E-state index contributed by atoms with van der Waals surface area (Å²) in [5.41, 5.74) is 0.895. The van der Waals surface area contributed by atoms with Gasteiger partial charge in [0.1, 0.15) is 0 Å². The fourth-order valence-electron chi connectivity index (χ4n) is 1.40. The molecule has 1 fully saturated rings. The van der Waals surface area contributed by atoms with Crippen LogP contribution in [-0.4, -0.2) is 36.3 Å². The summed E-state index contributed by atoms with van der Waals surface area (Å²) in [6.07, 6.45) is -0.0782. The Kier molecular flexibility index (Phi) is 3.68. The quantitative estimate of drug-likeness (QED) is 0.510. The van der Waals surface area contributed by atoms with E-state index in [9.17, 15) is 8.78 Å². The summed E-state index contributed by atoms with van der Waals surface area (Å²) in [6, 6.07) is 0. The van der Waals surface area contributed by atoms with Crippen LogP contribution in [0.3, 0.4) is 0 Å². The topological polar surface area (TPSA) is 3.24 Å². The molecule has 0 unspecified atom stereocenters. The number of piperidine rings is 1. The van der Waals surface area contributed by atoms with Crippen LogP contribution < -0.4 is 0 Å². The second-order valence-electron chi connectivity index (χ2n) is 3.52. The van der Waals surface area contributed by atoms with E-state index in [0.717, 1.165) is 5.57 Å². The number of hydrogen-bond donors (Lipinski definition) is 0. The van der Waals surface area contributed by atoms with Crippen LogP contribution in [0.2, 0.25) is 0 Å². The van der Waals surface area contributed by atoms with Crippen molar-refractivity contribution >= 4 is 11.6 Å². The molecule has 76 valence electrons. The Hall–Kier alpha value is -0.150. The van der Waals surface area contributed by atoms with Crippen molar-refractivity contribution in [1.82, 2.24) is 4.90 Å². The van der Waals surface area contributed by atoms with Gasteiger partial charge in [0, 0.05) is 38.4 Å². The van der Waals surface area contributed by atoms with Crippen LogP contribution in [0.1, 0.15) is 12.8 Å². The van der Waals surface area contributed by atoms with Crippen LogP contribution in [0, 0.1) is 0 Å². The molecule has 0 aromatic heterocycles. The third kappa shape index (κ3) is 3.61. The molecule has 0 aromatic carbocycles. The fourth-order valence-corrected chi connectivity index (χ4v) is 1.48. The number of halogens is 3. The Morgan fingerprint density at radius 1 is 1.38 bits per heavy atom. The van der Waals surface area contributed by atoms with E-state index < -0.39 is 5.92 Å². The lowest BCUT2D eigenvalue weighted by Crippen LogP contribution is -2.40. The normalized spacial score (nSPS) is 23.0. The number of likely N-dealkylation sites (tertiary alicyclic amines) is 1. The molecule has 0 atom stereocenters. The van der Waals surface area contributed by atoms with Gasteiger partial charge in [0.25, 0.3) is 5.92 Å². The smallest absolute Gasteiger partial charge is 0.250 e. The Balaban J connectivity index is 2.29. The third-order valence-electron chi connectivity index (χ3n) is 2.22. The van der Waals surface area contributed by atoms with E-state index in [1.165, 1.54) is 0 Å². The van der Waals surface area contributed by atoms with Gasteiger partial charge in [-0.25, -0.2) is 8.78 Å². The van der Waals surface area contributed by atoms with Gasteiger partial charge in [0.15, 0.2) is 0 Å². The van der Waals surface area contributed by atoms with Crippen molar-refractivity contribution in [2.24, 2.45) is 0 Å². The maximum absolute atomic E-state index is 12.7. The van der Waals surface area contributed by atoms with Crippen molar-refractivity contribution < 1.29 is 8.78 Å². The lowest BCUT2D eigenvalue weighted by molar-refractivity contribution is -0.0534. The zero-order valence-corrected chi connectivity index (χ0v) is 8.29. The van der Waals surface area contributed by atoms with Gasteiger partial charge in [-0.2, -0.15) is 0 Å². The maximum Gasteiger partial charge on any atom is 0.250 e. The zero-order chi connectivity index (χ0) is 9.90. The second kappa shape index (κ2) is 4.38. The first kappa shape index (κ1) is 10.9. The standard InChI is InChI=1S/C9H14ClF2N/c1-8(6-10)7-13-4-2-9(11,12)3-5-13/h1-7H2. The number of nitrogens with zero attached hydrogens (tertiary/aromatic N) is 1. The molecule has 1 nitrogen and oxygen atoms in total. The molecule has 0 spiro atoms. The average molecular weight is 210 g/mol. The maximum atomic E-state index is 12.7. The van der Waals surface area contributed by atoms with Crippen LogP contribution in [0.5, 0.6) is 0 Å². The van der Waals surface area contributed by atoms with Crippen LogP contribution in [-0.2, 0) is 0 Å². The van der Waals surface area contributed by atoms with Gasteiger partial charge in [0.05, 0.1) is 0 Å². The molecule has 0 aliphatic carbocycles. The molecule has 1 aliphatic rings. The van der Waals surface area contributed by atoms with Crippen molar-refractivity contribution in [3.8, 4) is 0 Å². The molecule has 13 heavy (non-hydrogen) atoms. The summed E-state index contributed by atoms with van der Waals surface area (Å²) in [5.74, 6) is -2.05. The molecule has 0 N–H and O–H groups in total. The number of hydrogen-bond acceptors (Lipinski definition) is 1. The summed E-state index contributed by atoms with van der Waals surface area (Å²) in [6.45, 7) is 5.29. The average Bonchev–Trinajstić information content (AvgIpc) is 2.08. The Morgan fingerprint density at radius 2 is 1.92 bits per heavy atom. The molecule has 1 saturated heterocycles. The molecule has 1 rings (SSSR count). The van der Waals surface area contributed by atoms with Gasteiger partial charge in [-0.05, 0) is 5.57 Å². The van der Waals surface area contributed by atoms with E-state index in [4.69, 9.17) is 11.6 Å². The molecule has 0 bridgehead atoms. The molecule has 4 heteroatoms. The molecule has 0 amide bonds. The van der Waals surface area contributed by atoms with Gasteiger partial charge in [-0.1, -0.05) is 6.58 Å². The summed E-state index contributed by atoms with van der Waals surface area (Å²) >= 11 is 5.55. The minimum Gasteiger partial charge on any atom is -0.299 e. The lowest BCUT2D eigenvalue weighted by atomic mass is 10.1. The van der Waals surface area contributed by atoms with Gasteiger partial charge >= 0.3 is 0 Å². The molecule has 1 heterocycles. The highest BCUT2D eigenvalue weighted by molar-refractivity contribution is 6.19. The minimum atomic E-state index is -2.46. The largest absolute Gasteiger partial charge is 0.299 e. The van der Waals surface area contributed by atoms with Crippen LogP contribution in [0.15, 0.2) is 12.2 Å². The van der Waals surface area contributed by atoms with Crippen molar-refractivity contribution in [1.29, 1.82) is 0 Å². The highest BCUT2D eigenvalue weighted by Gasteiger charge is 2.33.